The van der Waals surface area contributed by atoms with Gasteiger partial charge >= 0.3 is 0 Å². The van der Waals surface area contributed by atoms with E-state index in [1.165, 1.54) is 11.3 Å². The van der Waals surface area contributed by atoms with E-state index < -0.39 is 0 Å². The quantitative estimate of drug-likeness (QED) is 0.223. The van der Waals surface area contributed by atoms with E-state index in [4.69, 9.17) is 0 Å². The lowest BCUT2D eigenvalue weighted by Gasteiger charge is -2.13. The standard InChI is InChI=1S/C28H18N2O2S/c31-24-14-13-19(16-22(24)28-30-23-11-5-6-12-25(23)33-28)29-27(32)26-20-9-3-1-7-17(20)15-18-8-2-4-10-21(18)26/h1-16,31H,(H,29,32). The van der Waals surface area contributed by atoms with E-state index in [0.29, 0.717) is 21.8 Å². The Morgan fingerprint density at radius 1 is 0.788 bits per heavy atom. The summed E-state index contributed by atoms with van der Waals surface area (Å²) in [5.41, 5.74) is 2.72. The number of fused-ring (bicyclic) bond motifs is 3. The zero-order valence-electron chi connectivity index (χ0n) is 17.4. The number of carbonyl (C=O) groups is 1. The number of benzene rings is 5. The van der Waals surface area contributed by atoms with Crippen molar-refractivity contribution in [2.45, 2.75) is 0 Å². The normalized spacial score (nSPS) is 11.3. The van der Waals surface area contributed by atoms with Gasteiger partial charge in [-0.2, -0.15) is 0 Å². The Hall–Kier alpha value is -4.22. The maximum atomic E-state index is 13.5. The average molecular weight is 447 g/mol. The Kier molecular flexibility index (Phi) is 4.56. The van der Waals surface area contributed by atoms with Crippen LogP contribution in [0.5, 0.6) is 5.75 Å². The van der Waals surface area contributed by atoms with Crippen molar-refractivity contribution >= 4 is 54.7 Å². The first kappa shape index (κ1) is 19.5. The molecule has 0 fully saturated rings. The third-order valence-corrected chi connectivity index (χ3v) is 6.85. The Balaban J connectivity index is 1.43. The zero-order chi connectivity index (χ0) is 22.4. The van der Waals surface area contributed by atoms with Crippen LogP contribution in [-0.4, -0.2) is 16.0 Å². The number of phenols is 1. The predicted octanol–water partition coefficient (Wildman–Crippen LogP) is 7.23. The van der Waals surface area contributed by atoms with Gasteiger partial charge in [-0.1, -0.05) is 60.7 Å². The number of hydrogen-bond acceptors (Lipinski definition) is 4. The maximum Gasteiger partial charge on any atom is 0.256 e. The summed E-state index contributed by atoms with van der Waals surface area (Å²) in [6.45, 7) is 0. The highest BCUT2D eigenvalue weighted by atomic mass is 32.1. The molecular weight excluding hydrogens is 428 g/mol. The lowest BCUT2D eigenvalue weighted by molar-refractivity contribution is 0.103. The Morgan fingerprint density at radius 3 is 2.18 bits per heavy atom. The molecule has 0 bridgehead atoms. The second kappa shape index (κ2) is 7.73. The van der Waals surface area contributed by atoms with Crippen LogP contribution < -0.4 is 5.32 Å². The molecule has 5 aromatic carbocycles. The van der Waals surface area contributed by atoms with Gasteiger partial charge < -0.3 is 10.4 Å². The fraction of sp³-hybridized carbons (Fsp3) is 0. The third-order valence-electron chi connectivity index (χ3n) is 5.78. The molecule has 0 aliphatic carbocycles. The number of thiazole rings is 1. The number of nitrogens with one attached hydrogen (secondary N) is 1. The SMILES string of the molecule is O=C(Nc1ccc(O)c(-c2nc3ccccc3s2)c1)c1c2ccccc2cc2ccccc12. The molecule has 0 radical (unpaired) electrons. The van der Waals surface area contributed by atoms with Crippen molar-refractivity contribution in [3.05, 3.63) is 103 Å². The van der Waals surface area contributed by atoms with Crippen LogP contribution in [0.25, 0.3) is 42.3 Å². The van der Waals surface area contributed by atoms with E-state index in [1.807, 2.05) is 72.8 Å². The number of nitrogens with zero attached hydrogens (tertiary/aromatic N) is 1. The van der Waals surface area contributed by atoms with Crippen LogP contribution in [0.4, 0.5) is 5.69 Å². The van der Waals surface area contributed by atoms with Crippen LogP contribution in [0.1, 0.15) is 10.4 Å². The minimum Gasteiger partial charge on any atom is -0.507 e. The van der Waals surface area contributed by atoms with Crippen molar-refractivity contribution in [3.63, 3.8) is 0 Å². The van der Waals surface area contributed by atoms with Crippen LogP contribution >= 0.6 is 11.3 Å². The largest absolute Gasteiger partial charge is 0.507 e. The molecule has 5 heteroatoms. The van der Waals surface area contributed by atoms with Crippen molar-refractivity contribution in [3.8, 4) is 16.3 Å². The van der Waals surface area contributed by atoms with Crippen LogP contribution in [0.2, 0.25) is 0 Å². The Morgan fingerprint density at radius 2 is 1.45 bits per heavy atom. The van der Waals surface area contributed by atoms with Gasteiger partial charge in [0.2, 0.25) is 0 Å². The number of aromatic hydroxyl groups is 1. The molecule has 1 heterocycles. The summed E-state index contributed by atoms with van der Waals surface area (Å²) in [5.74, 6) is -0.0633. The van der Waals surface area contributed by atoms with E-state index in [9.17, 15) is 9.90 Å². The smallest absolute Gasteiger partial charge is 0.256 e. The zero-order valence-corrected chi connectivity index (χ0v) is 18.3. The number of hydrogen-bond donors (Lipinski definition) is 2. The molecule has 33 heavy (non-hydrogen) atoms. The van der Waals surface area contributed by atoms with Crippen molar-refractivity contribution in [2.75, 3.05) is 5.32 Å². The number of phenolic OH excluding ortho intramolecular Hbond substituents is 1. The van der Waals surface area contributed by atoms with Gasteiger partial charge in [-0.25, -0.2) is 4.98 Å². The van der Waals surface area contributed by atoms with E-state index in [-0.39, 0.29) is 11.7 Å². The molecule has 2 N–H and O–H groups in total. The van der Waals surface area contributed by atoms with Crippen LogP contribution in [-0.2, 0) is 0 Å². The summed E-state index contributed by atoms with van der Waals surface area (Å²) in [6, 6.07) is 30.9. The van der Waals surface area contributed by atoms with Gasteiger partial charge in [0, 0.05) is 5.69 Å². The van der Waals surface area contributed by atoms with E-state index in [0.717, 1.165) is 31.8 Å². The molecular formula is C28H18N2O2S. The molecule has 4 nitrogen and oxygen atoms in total. The molecule has 0 atom stereocenters. The summed E-state index contributed by atoms with van der Waals surface area (Å²) >= 11 is 1.51. The summed E-state index contributed by atoms with van der Waals surface area (Å²) in [7, 11) is 0. The molecule has 0 aliphatic heterocycles. The summed E-state index contributed by atoms with van der Waals surface area (Å²) in [6.07, 6.45) is 0. The highest BCUT2D eigenvalue weighted by Crippen LogP contribution is 2.37. The molecule has 0 aliphatic rings. The van der Waals surface area contributed by atoms with Gasteiger partial charge in [-0.3, -0.25) is 4.79 Å². The minimum absolute atomic E-state index is 0.127. The molecule has 6 aromatic rings. The first-order chi connectivity index (χ1) is 16.2. The van der Waals surface area contributed by atoms with Crippen LogP contribution in [0, 0.1) is 0 Å². The average Bonchev–Trinajstić information content (AvgIpc) is 3.27. The highest BCUT2D eigenvalue weighted by molar-refractivity contribution is 7.21. The number of aromatic nitrogens is 1. The Labute approximate surface area is 193 Å². The number of amides is 1. The van der Waals surface area contributed by atoms with Gasteiger partial charge in [-0.05, 0) is 57.9 Å². The van der Waals surface area contributed by atoms with Crippen LogP contribution in [0.3, 0.4) is 0 Å². The summed E-state index contributed by atoms with van der Waals surface area (Å²) in [5, 5.41) is 18.1. The molecule has 0 spiro atoms. The Bertz CT molecular complexity index is 1600. The molecule has 1 amide bonds. The summed E-state index contributed by atoms with van der Waals surface area (Å²) in [4.78, 5) is 18.2. The van der Waals surface area contributed by atoms with E-state index in [1.54, 1.807) is 18.2 Å². The number of para-hydroxylation sites is 1. The predicted molar refractivity (Wildman–Crippen MR) is 136 cm³/mol. The molecule has 0 saturated heterocycles. The van der Waals surface area contributed by atoms with Gasteiger partial charge in [-0.15, -0.1) is 11.3 Å². The second-order valence-electron chi connectivity index (χ2n) is 7.87. The van der Waals surface area contributed by atoms with E-state index in [2.05, 4.69) is 16.4 Å². The first-order valence-corrected chi connectivity index (χ1v) is 11.4. The van der Waals surface area contributed by atoms with Crippen molar-refractivity contribution in [1.29, 1.82) is 0 Å². The van der Waals surface area contributed by atoms with Crippen molar-refractivity contribution < 1.29 is 9.90 Å². The topological polar surface area (TPSA) is 62.2 Å². The van der Waals surface area contributed by atoms with Crippen molar-refractivity contribution in [1.82, 2.24) is 4.98 Å². The molecule has 1 aromatic heterocycles. The molecule has 6 rings (SSSR count). The number of anilines is 1. The maximum absolute atomic E-state index is 13.5. The molecule has 0 saturated carbocycles. The van der Waals surface area contributed by atoms with Crippen LogP contribution in [0.15, 0.2) is 97.1 Å². The fourth-order valence-electron chi connectivity index (χ4n) is 4.22. The van der Waals surface area contributed by atoms with Gasteiger partial charge in [0.05, 0.1) is 21.3 Å². The number of rotatable bonds is 3. The first-order valence-electron chi connectivity index (χ1n) is 10.6. The highest BCUT2D eigenvalue weighted by Gasteiger charge is 2.17. The lowest BCUT2D eigenvalue weighted by atomic mass is 9.96. The lowest BCUT2D eigenvalue weighted by Crippen LogP contribution is -2.13. The minimum atomic E-state index is -0.191. The fourth-order valence-corrected chi connectivity index (χ4v) is 5.22. The monoisotopic (exact) mass is 446 g/mol. The van der Waals surface area contributed by atoms with Crippen molar-refractivity contribution in [2.24, 2.45) is 0 Å². The van der Waals surface area contributed by atoms with Gasteiger partial charge in [0.1, 0.15) is 10.8 Å². The second-order valence-corrected chi connectivity index (χ2v) is 8.90. The van der Waals surface area contributed by atoms with E-state index >= 15 is 0 Å². The van der Waals surface area contributed by atoms with Gasteiger partial charge in [0.25, 0.3) is 5.91 Å². The third kappa shape index (κ3) is 3.39. The number of carbonyl (C=O) groups excluding carboxylic acids is 1. The molecule has 158 valence electrons. The molecule has 0 unspecified atom stereocenters. The van der Waals surface area contributed by atoms with Gasteiger partial charge in [0.15, 0.2) is 0 Å². The summed E-state index contributed by atoms with van der Waals surface area (Å²) < 4.78 is 1.04.